The van der Waals surface area contributed by atoms with E-state index in [1.807, 2.05) is 52.0 Å². The molecule has 8 rings (SSSR count). The predicted octanol–water partition coefficient (Wildman–Crippen LogP) is 9.50. The van der Waals surface area contributed by atoms with Crippen molar-refractivity contribution in [3.05, 3.63) is 117 Å². The minimum atomic E-state index is -0.606. The van der Waals surface area contributed by atoms with Crippen LogP contribution in [0, 0.1) is 0 Å². The van der Waals surface area contributed by atoms with E-state index in [2.05, 4.69) is 78.8 Å². The van der Waals surface area contributed by atoms with Crippen LogP contribution in [0.3, 0.4) is 0 Å². The maximum absolute atomic E-state index is 12.7. The van der Waals surface area contributed by atoms with Crippen LogP contribution in [0.25, 0.3) is 0 Å². The van der Waals surface area contributed by atoms with Crippen LogP contribution < -0.4 is 10.9 Å². The summed E-state index contributed by atoms with van der Waals surface area (Å²) in [5.41, 5.74) is 12.6. The number of amides is 2. The van der Waals surface area contributed by atoms with Crippen molar-refractivity contribution in [2.45, 2.75) is 130 Å². The first-order chi connectivity index (χ1) is 34.7. The molecule has 0 saturated carbocycles. The smallest absolute Gasteiger partial charge is 0.253 e. The van der Waals surface area contributed by atoms with Gasteiger partial charge in [0, 0.05) is 88.7 Å². The molecule has 2 saturated heterocycles. The van der Waals surface area contributed by atoms with Gasteiger partial charge in [-0.2, -0.15) is 10.2 Å². The number of rotatable bonds is 20. The molecule has 396 valence electrons. The molecule has 0 bridgehead atoms. The van der Waals surface area contributed by atoms with Crippen molar-refractivity contribution < 1.29 is 30.0 Å². The van der Waals surface area contributed by atoms with Crippen molar-refractivity contribution in [2.75, 3.05) is 65.4 Å². The fraction of sp³-hybridized carbons (Fsp3) is 0.517. The summed E-state index contributed by atoms with van der Waals surface area (Å²) in [5.74, 6) is -1.60. The molecular formula is C58H81ClN8O6. The molecule has 6 N–H and O–H groups in total. The monoisotopic (exact) mass is 1020 g/mol. The van der Waals surface area contributed by atoms with Gasteiger partial charge in [-0.15, -0.1) is 12.4 Å². The molecule has 2 fully saturated rings. The van der Waals surface area contributed by atoms with Gasteiger partial charge in [-0.25, -0.2) is 10.9 Å². The average Bonchev–Trinajstić information content (AvgIpc) is 3.94. The molecule has 0 aliphatic carbocycles. The number of phenols is 4. The van der Waals surface area contributed by atoms with Crippen molar-refractivity contribution in [2.24, 2.45) is 10.2 Å². The minimum Gasteiger partial charge on any atom is -0.508 e. The van der Waals surface area contributed by atoms with Gasteiger partial charge in [0.25, 0.3) is 11.8 Å². The van der Waals surface area contributed by atoms with Gasteiger partial charge in [-0.1, -0.05) is 129 Å². The fourth-order valence-electron chi connectivity index (χ4n) is 10.3. The highest BCUT2D eigenvalue weighted by Crippen LogP contribution is 2.38. The Morgan fingerprint density at radius 3 is 1.16 bits per heavy atom. The third-order valence-electron chi connectivity index (χ3n) is 14.8. The van der Waals surface area contributed by atoms with Crippen molar-refractivity contribution in [3.63, 3.8) is 0 Å². The first kappa shape index (κ1) is 56.8. The van der Waals surface area contributed by atoms with Gasteiger partial charge in [-0.05, 0) is 83.3 Å². The number of benzene rings is 4. The Hall–Kier alpha value is -5.51. The number of hydrogen-bond donors (Lipinski definition) is 6. The number of nitrogens with zero attached hydrogens (tertiary/aromatic N) is 6. The lowest BCUT2D eigenvalue weighted by Crippen LogP contribution is -2.46. The number of aromatic hydroxyl groups is 4. The zero-order valence-electron chi connectivity index (χ0n) is 44.1. The van der Waals surface area contributed by atoms with Crippen molar-refractivity contribution in [1.29, 1.82) is 0 Å². The number of hydrogen-bond acceptors (Lipinski definition) is 12. The second-order valence-corrected chi connectivity index (χ2v) is 20.8. The van der Waals surface area contributed by atoms with Gasteiger partial charge in [0.2, 0.25) is 0 Å². The van der Waals surface area contributed by atoms with Gasteiger partial charge in [-0.3, -0.25) is 19.4 Å². The molecule has 4 aromatic carbocycles. The lowest BCUT2D eigenvalue weighted by atomic mass is 9.87. The van der Waals surface area contributed by atoms with Crippen molar-refractivity contribution in [3.8, 4) is 23.0 Å². The van der Waals surface area contributed by atoms with Crippen LogP contribution in [-0.2, 0) is 22.7 Å². The largest absolute Gasteiger partial charge is 0.508 e. The molecule has 15 heteroatoms. The molecule has 14 nitrogen and oxygen atoms in total. The van der Waals surface area contributed by atoms with E-state index in [4.69, 9.17) is 0 Å². The molecule has 73 heavy (non-hydrogen) atoms. The lowest BCUT2D eigenvalue weighted by Gasteiger charge is -2.34. The summed E-state index contributed by atoms with van der Waals surface area (Å²) in [6.07, 6.45) is 10.5. The normalized spacial score (nSPS) is 18.8. The Morgan fingerprint density at radius 2 is 0.836 bits per heavy atom. The van der Waals surface area contributed by atoms with E-state index in [-0.39, 0.29) is 59.1 Å². The maximum atomic E-state index is 12.7. The standard InChI is InChI=1S/2C29H40N4O3.ClH/c2*1-4-5-6-7-12-32-13-15-33(16-14-32)19-21-8-10-22(11-9-21)27-28(30-31-29(27)36)24-17-23(20(2)3)25(34)18-26(24)35;/h2*8-11,17-18,20,27,34-35H,4-7,12-16,19H2,1-3H3,(H,31,36);1H. The highest BCUT2D eigenvalue weighted by Gasteiger charge is 2.36. The van der Waals surface area contributed by atoms with E-state index in [1.165, 1.54) is 87.7 Å². The molecule has 4 aromatic rings. The lowest BCUT2D eigenvalue weighted by molar-refractivity contribution is -0.121. The fourth-order valence-corrected chi connectivity index (χ4v) is 10.3. The molecule has 0 spiro atoms. The number of hydrazone groups is 2. The van der Waals surface area contributed by atoms with Gasteiger partial charge in [0.1, 0.15) is 34.8 Å². The number of nitrogens with one attached hydrogen (secondary N) is 2. The molecule has 0 radical (unpaired) electrons. The summed E-state index contributed by atoms with van der Waals surface area (Å²) in [4.78, 5) is 35.6. The summed E-state index contributed by atoms with van der Waals surface area (Å²) in [6, 6.07) is 22.5. The van der Waals surface area contributed by atoms with Crippen LogP contribution >= 0.6 is 12.4 Å². The Bertz CT molecular complexity index is 2330. The number of unbranched alkanes of at least 4 members (excludes halogenated alkanes) is 6. The third-order valence-corrected chi connectivity index (χ3v) is 14.8. The van der Waals surface area contributed by atoms with Crippen LogP contribution in [0.15, 0.2) is 83.0 Å². The maximum Gasteiger partial charge on any atom is 0.253 e. The molecule has 4 aliphatic heterocycles. The molecule has 4 heterocycles. The second-order valence-electron chi connectivity index (χ2n) is 20.8. The van der Waals surface area contributed by atoms with E-state index in [1.54, 1.807) is 12.1 Å². The van der Waals surface area contributed by atoms with Crippen LogP contribution in [0.1, 0.15) is 161 Å². The molecule has 0 aromatic heterocycles. The Labute approximate surface area is 440 Å². The summed E-state index contributed by atoms with van der Waals surface area (Å²) in [6.45, 7) is 25.4. The number of carbonyl (C=O) groups is 2. The van der Waals surface area contributed by atoms with Crippen LogP contribution in [0.2, 0.25) is 0 Å². The highest BCUT2D eigenvalue weighted by molar-refractivity contribution is 6.22. The van der Waals surface area contributed by atoms with E-state index >= 15 is 0 Å². The molecule has 2 amide bonds. The van der Waals surface area contributed by atoms with Crippen molar-refractivity contribution in [1.82, 2.24) is 30.5 Å². The topological polar surface area (TPSA) is 177 Å². The van der Waals surface area contributed by atoms with Crippen LogP contribution in [0.5, 0.6) is 23.0 Å². The van der Waals surface area contributed by atoms with Gasteiger partial charge in [0.15, 0.2) is 0 Å². The first-order valence-electron chi connectivity index (χ1n) is 26.7. The molecule has 2 atom stereocenters. The number of phenolic OH excluding ortho intramolecular Hbond substituents is 4. The predicted molar refractivity (Wildman–Crippen MR) is 294 cm³/mol. The Balaban J connectivity index is 0.000000235. The SMILES string of the molecule is CCCCCCN1CCN(Cc2ccc(C3C(=O)NN=C3c3cc(C(C)C)c(O)cc3O)cc2)CC1.CCCCCCN1CCN(Cc2ccc(C3C(=O)NN=C3c3cc(C(C)C)c(O)cc3O)cc2)CC1.Cl. The van der Waals surface area contributed by atoms with E-state index in [9.17, 15) is 30.0 Å². The van der Waals surface area contributed by atoms with E-state index in [0.717, 1.165) is 76.6 Å². The number of halogens is 1. The summed E-state index contributed by atoms with van der Waals surface area (Å²) in [7, 11) is 0. The van der Waals surface area contributed by atoms with Crippen LogP contribution in [0.4, 0.5) is 0 Å². The van der Waals surface area contributed by atoms with Gasteiger partial charge >= 0.3 is 0 Å². The van der Waals surface area contributed by atoms with Crippen molar-refractivity contribution >= 4 is 35.6 Å². The summed E-state index contributed by atoms with van der Waals surface area (Å²) < 4.78 is 0. The Kier molecular flexibility index (Phi) is 21.1. The highest BCUT2D eigenvalue weighted by atomic mass is 35.5. The third kappa shape index (κ3) is 14.8. The molecular weight excluding hydrogens is 940 g/mol. The molecule has 4 aliphatic rings. The van der Waals surface area contributed by atoms with E-state index in [0.29, 0.717) is 33.7 Å². The summed E-state index contributed by atoms with van der Waals surface area (Å²) >= 11 is 0. The minimum absolute atomic E-state index is 0. The van der Waals surface area contributed by atoms with Crippen LogP contribution in [-0.4, -0.2) is 129 Å². The van der Waals surface area contributed by atoms with Gasteiger partial charge in [0.05, 0.1) is 11.4 Å². The second kappa shape index (κ2) is 27.1. The zero-order chi connectivity index (χ0) is 51.3. The quantitative estimate of drug-likeness (QED) is 0.0468. The number of carbonyl (C=O) groups excluding carboxylic acids is 2. The van der Waals surface area contributed by atoms with E-state index < -0.39 is 11.8 Å². The number of piperazine rings is 2. The zero-order valence-corrected chi connectivity index (χ0v) is 44.9. The summed E-state index contributed by atoms with van der Waals surface area (Å²) in [5, 5.41) is 50.0. The average molecular weight is 1020 g/mol. The molecule has 2 unspecified atom stereocenters. The first-order valence-corrected chi connectivity index (χ1v) is 26.7. The van der Waals surface area contributed by atoms with Gasteiger partial charge < -0.3 is 30.2 Å². The Morgan fingerprint density at radius 1 is 0.493 bits per heavy atom.